The van der Waals surface area contributed by atoms with E-state index in [1.807, 2.05) is 0 Å². The molecule has 1 amide bonds. The molecule has 6 heteroatoms. The average Bonchev–Trinajstić information content (AvgIpc) is 2.78. The van der Waals surface area contributed by atoms with Crippen LogP contribution in [-0.2, 0) is 4.79 Å². The van der Waals surface area contributed by atoms with Crippen molar-refractivity contribution < 1.29 is 13.9 Å². The quantitative estimate of drug-likeness (QED) is 0.816. The second kappa shape index (κ2) is 4.67. The third-order valence-electron chi connectivity index (χ3n) is 2.71. The van der Waals surface area contributed by atoms with E-state index in [2.05, 4.69) is 15.6 Å². The van der Waals surface area contributed by atoms with Crippen molar-refractivity contribution in [2.45, 2.75) is 12.1 Å². The molecule has 0 radical (unpaired) electrons. The van der Waals surface area contributed by atoms with Crippen LogP contribution < -0.4 is 15.4 Å². The highest BCUT2D eigenvalue weighted by Gasteiger charge is 2.41. The Morgan fingerprint density at radius 1 is 1.65 bits per heavy atom. The summed E-state index contributed by atoms with van der Waals surface area (Å²) in [6, 6.07) is 3.23. The minimum absolute atomic E-state index is 0.0580. The summed E-state index contributed by atoms with van der Waals surface area (Å²) in [5.74, 6) is -0.185. The van der Waals surface area contributed by atoms with Crippen LogP contribution in [0.25, 0.3) is 0 Å². The third-order valence-corrected chi connectivity index (χ3v) is 2.71. The highest BCUT2D eigenvalue weighted by atomic mass is 19.1. The summed E-state index contributed by atoms with van der Waals surface area (Å²) in [5.41, 5.74) is -1.36. The van der Waals surface area contributed by atoms with E-state index in [0.29, 0.717) is 18.1 Å². The number of nitrogens with one attached hydrogen (secondary N) is 2. The molecule has 2 N–H and O–H groups in total. The Bertz CT molecular complexity index is 402. The van der Waals surface area contributed by atoms with Gasteiger partial charge < -0.3 is 15.4 Å². The number of nitrogens with zero attached hydrogens (tertiary/aromatic N) is 1. The number of ether oxygens (including phenoxy) is 1. The van der Waals surface area contributed by atoms with Gasteiger partial charge in [-0.3, -0.25) is 4.79 Å². The molecule has 1 aliphatic rings. The van der Waals surface area contributed by atoms with Crippen molar-refractivity contribution in [2.75, 3.05) is 25.5 Å². The van der Waals surface area contributed by atoms with Crippen molar-refractivity contribution in [3.8, 4) is 5.88 Å². The lowest BCUT2D eigenvalue weighted by atomic mass is 10.0. The Kier molecular flexibility index (Phi) is 3.23. The lowest BCUT2D eigenvalue weighted by Crippen LogP contribution is -2.40. The van der Waals surface area contributed by atoms with E-state index in [1.165, 1.54) is 13.3 Å². The summed E-state index contributed by atoms with van der Waals surface area (Å²) in [5, 5.41) is 5.33. The van der Waals surface area contributed by atoms with Crippen molar-refractivity contribution in [3.05, 3.63) is 18.3 Å². The lowest BCUT2D eigenvalue weighted by molar-refractivity contribution is -0.126. The van der Waals surface area contributed by atoms with Crippen LogP contribution in [0.2, 0.25) is 0 Å². The molecule has 92 valence electrons. The first-order valence-corrected chi connectivity index (χ1v) is 5.35. The van der Waals surface area contributed by atoms with Crippen molar-refractivity contribution in [1.29, 1.82) is 0 Å². The first kappa shape index (κ1) is 11.8. The minimum atomic E-state index is -1.82. The van der Waals surface area contributed by atoms with Gasteiger partial charge >= 0.3 is 0 Å². The van der Waals surface area contributed by atoms with Gasteiger partial charge in [-0.1, -0.05) is 0 Å². The van der Waals surface area contributed by atoms with Gasteiger partial charge in [0.05, 0.1) is 19.0 Å². The number of hydrogen-bond donors (Lipinski definition) is 2. The average molecular weight is 239 g/mol. The van der Waals surface area contributed by atoms with Gasteiger partial charge in [-0.25, -0.2) is 9.37 Å². The Hall–Kier alpha value is -1.69. The summed E-state index contributed by atoms with van der Waals surface area (Å²) >= 11 is 0. The van der Waals surface area contributed by atoms with Gasteiger partial charge in [0.15, 0.2) is 0 Å². The second-order valence-corrected chi connectivity index (χ2v) is 3.94. The minimum Gasteiger partial charge on any atom is -0.481 e. The molecule has 1 aromatic heterocycles. The monoisotopic (exact) mass is 239 g/mol. The maximum Gasteiger partial charge on any atom is 0.263 e. The zero-order chi connectivity index (χ0) is 12.3. The number of alkyl halides is 1. The molecule has 0 saturated carbocycles. The summed E-state index contributed by atoms with van der Waals surface area (Å²) in [6.45, 7) is 0.577. The molecular weight excluding hydrogens is 225 g/mol. The molecule has 0 aromatic carbocycles. The van der Waals surface area contributed by atoms with Crippen molar-refractivity contribution >= 4 is 11.6 Å². The molecule has 1 saturated heterocycles. The molecule has 1 fully saturated rings. The largest absolute Gasteiger partial charge is 0.481 e. The number of pyridine rings is 1. The summed E-state index contributed by atoms with van der Waals surface area (Å²) < 4.78 is 18.9. The number of rotatable bonds is 3. The zero-order valence-corrected chi connectivity index (χ0v) is 9.50. The number of amides is 1. The van der Waals surface area contributed by atoms with Crippen LogP contribution in [0.4, 0.5) is 10.1 Å². The first-order valence-electron chi connectivity index (χ1n) is 5.35. The number of carbonyl (C=O) groups is 1. The highest BCUT2D eigenvalue weighted by molar-refractivity contribution is 5.97. The zero-order valence-electron chi connectivity index (χ0n) is 9.50. The van der Waals surface area contributed by atoms with Crippen molar-refractivity contribution in [1.82, 2.24) is 10.3 Å². The SMILES string of the molecule is COc1ccc(NC(=O)C2(F)CCNC2)cn1. The van der Waals surface area contributed by atoms with Gasteiger partial charge in [0, 0.05) is 19.0 Å². The molecule has 0 bridgehead atoms. The molecule has 1 aromatic rings. The van der Waals surface area contributed by atoms with Crippen LogP contribution in [0.15, 0.2) is 18.3 Å². The maximum absolute atomic E-state index is 14.0. The molecule has 5 nitrogen and oxygen atoms in total. The molecule has 1 atom stereocenters. The molecule has 1 aliphatic heterocycles. The van der Waals surface area contributed by atoms with E-state index in [0.717, 1.165) is 0 Å². The van der Waals surface area contributed by atoms with Crippen LogP contribution >= 0.6 is 0 Å². The summed E-state index contributed by atoms with van der Waals surface area (Å²) in [4.78, 5) is 15.6. The van der Waals surface area contributed by atoms with Crippen LogP contribution in [0.1, 0.15) is 6.42 Å². The Morgan fingerprint density at radius 2 is 2.47 bits per heavy atom. The Morgan fingerprint density at radius 3 is 3.00 bits per heavy atom. The fourth-order valence-electron chi connectivity index (χ4n) is 1.67. The number of carbonyl (C=O) groups excluding carboxylic acids is 1. The van der Waals surface area contributed by atoms with E-state index in [-0.39, 0.29) is 13.0 Å². The van der Waals surface area contributed by atoms with E-state index in [9.17, 15) is 9.18 Å². The number of halogens is 1. The normalized spacial score (nSPS) is 23.4. The molecular formula is C11H14FN3O2. The van der Waals surface area contributed by atoms with Gasteiger partial charge in [0.25, 0.3) is 5.91 Å². The van der Waals surface area contributed by atoms with E-state index in [4.69, 9.17) is 4.74 Å². The van der Waals surface area contributed by atoms with Gasteiger partial charge in [-0.05, 0) is 12.6 Å². The molecule has 0 spiro atoms. The Labute approximate surface area is 98.4 Å². The summed E-state index contributed by atoms with van der Waals surface area (Å²) in [6.07, 6.45) is 1.63. The standard InChI is InChI=1S/C11H14FN3O2/c1-17-9-3-2-8(6-14-9)15-10(16)11(12)4-5-13-7-11/h2-3,6,13H,4-5,7H2,1H3,(H,15,16). The second-order valence-electron chi connectivity index (χ2n) is 3.94. The number of hydrogen-bond acceptors (Lipinski definition) is 4. The third kappa shape index (κ3) is 2.52. The van der Waals surface area contributed by atoms with E-state index in [1.54, 1.807) is 12.1 Å². The first-order chi connectivity index (χ1) is 8.14. The number of methoxy groups -OCH3 is 1. The fourth-order valence-corrected chi connectivity index (χ4v) is 1.67. The number of anilines is 1. The number of aromatic nitrogens is 1. The van der Waals surface area contributed by atoms with E-state index >= 15 is 0 Å². The predicted molar refractivity (Wildman–Crippen MR) is 60.7 cm³/mol. The maximum atomic E-state index is 14.0. The molecule has 17 heavy (non-hydrogen) atoms. The topological polar surface area (TPSA) is 63.2 Å². The van der Waals surface area contributed by atoms with Gasteiger partial charge in [0.2, 0.25) is 11.5 Å². The summed E-state index contributed by atoms with van der Waals surface area (Å²) in [7, 11) is 1.50. The Balaban J connectivity index is 2.02. The lowest BCUT2D eigenvalue weighted by Gasteiger charge is -2.17. The van der Waals surface area contributed by atoms with Crippen LogP contribution in [-0.4, -0.2) is 36.8 Å². The fraction of sp³-hybridized carbons (Fsp3) is 0.455. The molecule has 1 unspecified atom stereocenters. The van der Waals surface area contributed by atoms with Gasteiger partial charge in [-0.15, -0.1) is 0 Å². The van der Waals surface area contributed by atoms with Gasteiger partial charge in [-0.2, -0.15) is 0 Å². The van der Waals surface area contributed by atoms with Gasteiger partial charge in [0.1, 0.15) is 0 Å². The molecule has 2 heterocycles. The molecule has 0 aliphatic carbocycles. The van der Waals surface area contributed by atoms with Crippen LogP contribution in [0.5, 0.6) is 5.88 Å². The smallest absolute Gasteiger partial charge is 0.263 e. The van der Waals surface area contributed by atoms with Crippen molar-refractivity contribution in [2.24, 2.45) is 0 Å². The molecule has 2 rings (SSSR count). The van der Waals surface area contributed by atoms with E-state index < -0.39 is 11.6 Å². The van der Waals surface area contributed by atoms with Crippen molar-refractivity contribution in [3.63, 3.8) is 0 Å². The van der Waals surface area contributed by atoms with Crippen LogP contribution in [0, 0.1) is 0 Å². The highest BCUT2D eigenvalue weighted by Crippen LogP contribution is 2.22. The predicted octanol–water partition coefficient (Wildman–Crippen LogP) is 0.730. The van der Waals surface area contributed by atoms with Crippen LogP contribution in [0.3, 0.4) is 0 Å².